The molecule has 0 aromatic carbocycles. The van der Waals surface area contributed by atoms with Crippen LogP contribution in [-0.2, 0) is 0 Å². The van der Waals surface area contributed by atoms with Gasteiger partial charge in [-0.05, 0) is 35.6 Å². The first-order valence-corrected chi connectivity index (χ1v) is 3.77. The molecule has 0 bridgehead atoms. The molecule has 54 valence electrons. The summed E-state index contributed by atoms with van der Waals surface area (Å²) in [7, 11) is 0. The summed E-state index contributed by atoms with van der Waals surface area (Å²) in [4.78, 5) is 3.77. The van der Waals surface area contributed by atoms with E-state index in [4.69, 9.17) is 5.73 Å². The van der Waals surface area contributed by atoms with Gasteiger partial charge < -0.3 is 5.73 Å². The lowest BCUT2D eigenvalue weighted by atomic mass is 10.3. The van der Waals surface area contributed by atoms with Crippen LogP contribution in [0.2, 0.25) is 0 Å². The Morgan fingerprint density at radius 2 is 2.30 bits per heavy atom. The fraction of sp³-hybridized carbons (Fsp3) is 0.167. The van der Waals surface area contributed by atoms with Gasteiger partial charge in [-0.25, -0.2) is 9.37 Å². The number of rotatable bonds is 0. The lowest BCUT2D eigenvalue weighted by Gasteiger charge is -1.98. The lowest BCUT2D eigenvalue weighted by molar-refractivity contribution is 0.609. The van der Waals surface area contributed by atoms with Crippen molar-refractivity contribution < 1.29 is 4.39 Å². The number of anilines is 1. The van der Waals surface area contributed by atoms with Crippen LogP contribution in [0.3, 0.4) is 0 Å². The van der Waals surface area contributed by atoms with Gasteiger partial charge in [0, 0.05) is 0 Å². The monoisotopic (exact) mass is 252 g/mol. The average Bonchev–Trinajstić information content (AvgIpc) is 1.84. The molecule has 1 aromatic rings. The Kier molecular flexibility index (Phi) is 2.08. The highest BCUT2D eigenvalue weighted by Crippen LogP contribution is 2.14. The van der Waals surface area contributed by atoms with Crippen molar-refractivity contribution in [1.29, 1.82) is 0 Å². The Hall–Kier alpha value is -0.390. The van der Waals surface area contributed by atoms with E-state index in [1.54, 1.807) is 6.92 Å². The minimum absolute atomic E-state index is 0.307. The Morgan fingerprint density at radius 1 is 1.70 bits per heavy atom. The van der Waals surface area contributed by atoms with Gasteiger partial charge in [-0.1, -0.05) is 0 Å². The van der Waals surface area contributed by atoms with Gasteiger partial charge in [-0.15, -0.1) is 0 Å². The molecule has 0 unspecified atom stereocenters. The molecule has 1 aromatic heterocycles. The van der Waals surface area contributed by atoms with Crippen LogP contribution < -0.4 is 5.73 Å². The number of nitrogen functional groups attached to an aromatic ring is 1. The summed E-state index contributed by atoms with van der Waals surface area (Å²) in [6.45, 7) is 1.59. The highest BCUT2D eigenvalue weighted by Gasteiger charge is 2.02. The largest absolute Gasteiger partial charge is 0.383 e. The number of halogens is 2. The van der Waals surface area contributed by atoms with Gasteiger partial charge in [0.25, 0.3) is 0 Å². The van der Waals surface area contributed by atoms with E-state index in [0.717, 1.165) is 0 Å². The highest BCUT2D eigenvalue weighted by molar-refractivity contribution is 14.1. The van der Waals surface area contributed by atoms with Crippen LogP contribution in [0.5, 0.6) is 0 Å². The van der Waals surface area contributed by atoms with Crippen LogP contribution in [0.4, 0.5) is 10.2 Å². The first kappa shape index (κ1) is 7.71. The summed E-state index contributed by atoms with van der Waals surface area (Å²) in [5, 5.41) is 0. The first-order valence-electron chi connectivity index (χ1n) is 2.69. The molecule has 0 aliphatic heterocycles. The molecule has 4 heteroatoms. The predicted molar refractivity (Wildman–Crippen MR) is 46.1 cm³/mol. The second-order valence-electron chi connectivity index (χ2n) is 1.92. The van der Waals surface area contributed by atoms with Crippen LogP contribution in [-0.4, -0.2) is 4.98 Å². The Balaban J connectivity index is 3.28. The number of hydrogen-bond acceptors (Lipinski definition) is 2. The standard InChI is InChI=1S/C6H6FIN2/c1-3-4(7)2-5(8)6(9)10-3/h2H,1H3,(H2,9,10). The lowest BCUT2D eigenvalue weighted by Crippen LogP contribution is -1.98. The van der Waals surface area contributed by atoms with Gasteiger partial charge >= 0.3 is 0 Å². The molecule has 0 atom stereocenters. The van der Waals surface area contributed by atoms with E-state index in [1.807, 2.05) is 22.6 Å². The summed E-state index contributed by atoms with van der Waals surface area (Å²) >= 11 is 1.94. The predicted octanol–water partition coefficient (Wildman–Crippen LogP) is 1.72. The quantitative estimate of drug-likeness (QED) is 0.714. The second kappa shape index (κ2) is 2.69. The van der Waals surface area contributed by atoms with E-state index in [0.29, 0.717) is 15.1 Å². The molecule has 0 fully saturated rings. The van der Waals surface area contributed by atoms with Crippen LogP contribution >= 0.6 is 22.6 Å². The van der Waals surface area contributed by atoms with Crippen molar-refractivity contribution in [3.8, 4) is 0 Å². The van der Waals surface area contributed by atoms with Gasteiger partial charge in [0.2, 0.25) is 0 Å². The van der Waals surface area contributed by atoms with E-state index in [-0.39, 0.29) is 5.82 Å². The fourth-order valence-electron chi connectivity index (χ4n) is 0.577. The van der Waals surface area contributed by atoms with Crippen molar-refractivity contribution in [2.24, 2.45) is 0 Å². The highest BCUT2D eigenvalue weighted by atomic mass is 127. The summed E-state index contributed by atoms with van der Waals surface area (Å²) in [5.41, 5.74) is 5.75. The van der Waals surface area contributed by atoms with Crippen molar-refractivity contribution in [1.82, 2.24) is 4.98 Å². The molecule has 1 heterocycles. The van der Waals surface area contributed by atoms with Gasteiger partial charge in [0.1, 0.15) is 11.6 Å². The molecular formula is C6H6FIN2. The number of hydrogen-bond donors (Lipinski definition) is 1. The molecule has 0 aliphatic rings. The number of nitrogens with zero attached hydrogens (tertiary/aromatic N) is 1. The fourth-order valence-corrected chi connectivity index (χ4v) is 0.971. The molecule has 2 N–H and O–H groups in total. The number of nitrogens with two attached hydrogens (primary N) is 1. The zero-order valence-electron chi connectivity index (χ0n) is 5.36. The van der Waals surface area contributed by atoms with Gasteiger partial charge in [0.05, 0.1) is 9.26 Å². The average molecular weight is 252 g/mol. The zero-order chi connectivity index (χ0) is 7.72. The van der Waals surface area contributed by atoms with Crippen molar-refractivity contribution in [3.05, 3.63) is 21.1 Å². The minimum Gasteiger partial charge on any atom is -0.383 e. The molecule has 0 amide bonds. The maximum absolute atomic E-state index is 12.6. The van der Waals surface area contributed by atoms with Crippen molar-refractivity contribution in [2.45, 2.75) is 6.92 Å². The van der Waals surface area contributed by atoms with Crippen LogP contribution in [0, 0.1) is 16.3 Å². The second-order valence-corrected chi connectivity index (χ2v) is 3.08. The number of pyridine rings is 1. The molecule has 2 nitrogen and oxygen atoms in total. The van der Waals surface area contributed by atoms with Crippen molar-refractivity contribution in [2.75, 3.05) is 5.73 Å². The molecule has 0 saturated heterocycles. The zero-order valence-corrected chi connectivity index (χ0v) is 7.52. The van der Waals surface area contributed by atoms with E-state index in [2.05, 4.69) is 4.98 Å². The van der Waals surface area contributed by atoms with Gasteiger partial charge in [0.15, 0.2) is 0 Å². The third-order valence-electron chi connectivity index (χ3n) is 1.13. The molecule has 0 radical (unpaired) electrons. The van der Waals surface area contributed by atoms with E-state index < -0.39 is 0 Å². The first-order chi connectivity index (χ1) is 4.61. The Morgan fingerprint density at radius 3 is 2.80 bits per heavy atom. The Labute approximate surface area is 71.8 Å². The third kappa shape index (κ3) is 1.36. The Bertz CT molecular complexity index is 212. The van der Waals surface area contributed by atoms with Crippen LogP contribution in [0.1, 0.15) is 5.69 Å². The number of aromatic nitrogens is 1. The SMILES string of the molecule is Cc1nc(N)c(I)cc1F. The molecule has 10 heavy (non-hydrogen) atoms. The molecule has 0 saturated carbocycles. The summed E-state index contributed by atoms with van der Waals surface area (Å²) in [5.74, 6) is 0.0816. The van der Waals surface area contributed by atoms with Gasteiger partial charge in [-0.2, -0.15) is 0 Å². The smallest absolute Gasteiger partial charge is 0.145 e. The molecular weight excluding hydrogens is 246 g/mol. The molecule has 0 aliphatic carbocycles. The minimum atomic E-state index is -0.307. The topological polar surface area (TPSA) is 38.9 Å². The summed E-state index contributed by atoms with van der Waals surface area (Å²) < 4.78 is 13.3. The summed E-state index contributed by atoms with van der Waals surface area (Å²) in [6.07, 6.45) is 0. The molecule has 1 rings (SSSR count). The van der Waals surface area contributed by atoms with E-state index >= 15 is 0 Å². The van der Waals surface area contributed by atoms with Crippen molar-refractivity contribution in [3.63, 3.8) is 0 Å². The maximum atomic E-state index is 12.6. The van der Waals surface area contributed by atoms with Crippen LogP contribution in [0.25, 0.3) is 0 Å². The normalized spacial score (nSPS) is 9.90. The van der Waals surface area contributed by atoms with E-state index in [9.17, 15) is 4.39 Å². The third-order valence-corrected chi connectivity index (χ3v) is 2.00. The van der Waals surface area contributed by atoms with Crippen molar-refractivity contribution >= 4 is 28.4 Å². The number of aryl methyl sites for hydroxylation is 1. The van der Waals surface area contributed by atoms with E-state index in [1.165, 1.54) is 6.07 Å². The van der Waals surface area contributed by atoms with Crippen LogP contribution in [0.15, 0.2) is 6.07 Å². The van der Waals surface area contributed by atoms with Gasteiger partial charge in [-0.3, -0.25) is 0 Å². The summed E-state index contributed by atoms with van der Waals surface area (Å²) in [6, 6.07) is 1.37. The molecule has 0 spiro atoms. The maximum Gasteiger partial charge on any atom is 0.145 e.